The minimum absolute atomic E-state index is 0.0952. The molecule has 3 nitrogen and oxygen atoms in total. The van der Waals surface area contributed by atoms with E-state index in [4.69, 9.17) is 5.11 Å². The van der Waals surface area contributed by atoms with Gasteiger partial charge in [0.1, 0.15) is 12.1 Å². The zero-order valence-electron chi connectivity index (χ0n) is 16.5. The molecular weight excluding hydrogens is 310 g/mol. The summed E-state index contributed by atoms with van der Waals surface area (Å²) >= 11 is 0. The van der Waals surface area contributed by atoms with Crippen molar-refractivity contribution in [3.63, 3.8) is 0 Å². The number of rotatable bonds is 4. The lowest BCUT2D eigenvalue weighted by atomic mass is 9.44. The number of aliphatic hydroxyl groups excluding tert-OH is 1. The molecular formula is C22H40NO2+. The maximum Gasteiger partial charge on any atom is 0.119 e. The van der Waals surface area contributed by atoms with Crippen LogP contribution in [0.5, 0.6) is 0 Å². The van der Waals surface area contributed by atoms with Crippen molar-refractivity contribution in [2.45, 2.75) is 83.7 Å². The summed E-state index contributed by atoms with van der Waals surface area (Å²) in [7, 11) is 0. The van der Waals surface area contributed by atoms with Crippen LogP contribution in [0.1, 0.15) is 78.1 Å². The van der Waals surface area contributed by atoms with E-state index in [0.717, 1.165) is 43.2 Å². The quantitative estimate of drug-likeness (QED) is 0.683. The number of quaternary nitrogens is 1. The van der Waals surface area contributed by atoms with E-state index in [1.54, 1.807) is 0 Å². The summed E-state index contributed by atoms with van der Waals surface area (Å²) in [6.07, 6.45) is 13.4. The fraction of sp³-hybridized carbons (Fsp3) is 1.00. The Morgan fingerprint density at radius 1 is 0.920 bits per heavy atom. The Kier molecular flexibility index (Phi) is 4.74. The topological polar surface area (TPSA) is 57.1 Å². The number of fused-ring (bicyclic) bond motifs is 5. The highest BCUT2D eigenvalue weighted by Crippen LogP contribution is 2.67. The summed E-state index contributed by atoms with van der Waals surface area (Å²) in [6.45, 7) is 6.74. The van der Waals surface area contributed by atoms with Crippen LogP contribution >= 0.6 is 0 Å². The molecule has 4 aliphatic rings. The van der Waals surface area contributed by atoms with Crippen LogP contribution in [0, 0.1) is 34.5 Å². The van der Waals surface area contributed by atoms with E-state index in [9.17, 15) is 5.11 Å². The minimum Gasteiger partial charge on any atom is -0.391 e. The molecule has 0 heterocycles. The van der Waals surface area contributed by atoms with E-state index in [-0.39, 0.29) is 12.0 Å². The predicted molar refractivity (Wildman–Crippen MR) is 100 cm³/mol. The molecule has 0 aromatic carbocycles. The highest BCUT2D eigenvalue weighted by Gasteiger charge is 2.64. The lowest BCUT2D eigenvalue weighted by Crippen LogP contribution is -2.90. The number of aliphatic hydroxyl groups is 2. The molecule has 0 saturated heterocycles. The summed E-state index contributed by atoms with van der Waals surface area (Å²) in [6, 6.07) is 0. The summed E-state index contributed by atoms with van der Waals surface area (Å²) in [5.74, 6) is 3.46. The van der Waals surface area contributed by atoms with Crippen molar-refractivity contribution < 1.29 is 15.5 Å². The molecule has 4 fully saturated rings. The monoisotopic (exact) mass is 350 g/mol. The molecule has 0 radical (unpaired) electrons. The zero-order chi connectivity index (χ0) is 17.7. The number of hydrogen-bond donors (Lipinski definition) is 3. The van der Waals surface area contributed by atoms with E-state index < -0.39 is 5.60 Å². The van der Waals surface area contributed by atoms with E-state index in [2.05, 4.69) is 19.2 Å². The molecule has 25 heavy (non-hydrogen) atoms. The van der Waals surface area contributed by atoms with Gasteiger partial charge in [0.05, 0.1) is 13.2 Å². The smallest absolute Gasteiger partial charge is 0.119 e. The van der Waals surface area contributed by atoms with Crippen molar-refractivity contribution >= 4 is 0 Å². The van der Waals surface area contributed by atoms with Gasteiger partial charge in [-0.15, -0.1) is 0 Å². The van der Waals surface area contributed by atoms with Crippen molar-refractivity contribution in [3.8, 4) is 0 Å². The largest absolute Gasteiger partial charge is 0.391 e. The minimum atomic E-state index is -0.526. The molecule has 4 rings (SSSR count). The molecule has 0 aromatic rings. The van der Waals surface area contributed by atoms with Crippen LogP contribution < -0.4 is 5.32 Å². The normalized spacial score (nSPS) is 52.3. The van der Waals surface area contributed by atoms with Crippen LogP contribution in [0.15, 0.2) is 0 Å². The molecule has 4 aliphatic carbocycles. The van der Waals surface area contributed by atoms with Gasteiger partial charge < -0.3 is 15.5 Å². The van der Waals surface area contributed by atoms with Gasteiger partial charge in [0.15, 0.2) is 0 Å². The van der Waals surface area contributed by atoms with Gasteiger partial charge in [-0.1, -0.05) is 26.7 Å². The molecule has 4 saturated carbocycles. The van der Waals surface area contributed by atoms with Gasteiger partial charge in [0.25, 0.3) is 0 Å². The first-order valence-electron chi connectivity index (χ1n) is 11.1. The maximum absolute atomic E-state index is 11.5. The first-order chi connectivity index (χ1) is 11.9. The number of hydrogen-bond acceptors (Lipinski definition) is 2. The molecule has 0 amide bonds. The average molecular weight is 351 g/mol. The van der Waals surface area contributed by atoms with Gasteiger partial charge in [0, 0.05) is 5.41 Å². The third-order valence-electron chi connectivity index (χ3n) is 9.72. The van der Waals surface area contributed by atoms with Gasteiger partial charge in [0.2, 0.25) is 0 Å². The third-order valence-corrected chi connectivity index (χ3v) is 9.72. The van der Waals surface area contributed by atoms with Gasteiger partial charge in [-0.05, 0) is 80.5 Å². The van der Waals surface area contributed by atoms with Gasteiger partial charge >= 0.3 is 0 Å². The molecule has 0 aliphatic heterocycles. The van der Waals surface area contributed by atoms with E-state index in [1.165, 1.54) is 57.8 Å². The first-order valence-corrected chi connectivity index (χ1v) is 11.1. The standard InChI is InChI=1S/C22H39NO2/c1-20-10-4-3-5-16(20)6-7-17-18(20)8-11-21(2)19(17)9-12-22(21,25)15-23-13-14-24/h16-19,23-25H,3-15H2,1-2H3/p+1/t16-,17-,18+,19-,20+,21+,22-/m1/s1. The fourth-order valence-electron chi connectivity index (χ4n) is 8.17. The molecule has 0 bridgehead atoms. The first kappa shape index (κ1) is 18.3. The van der Waals surface area contributed by atoms with Crippen molar-refractivity contribution in [1.82, 2.24) is 0 Å². The Labute approximate surface area is 154 Å². The Balaban J connectivity index is 1.55. The highest BCUT2D eigenvalue weighted by atomic mass is 16.3. The Hall–Kier alpha value is -0.120. The Bertz CT molecular complexity index is 496. The van der Waals surface area contributed by atoms with Crippen molar-refractivity contribution in [2.24, 2.45) is 34.5 Å². The summed E-state index contributed by atoms with van der Waals surface area (Å²) in [5.41, 5.74) is 0.159. The van der Waals surface area contributed by atoms with Gasteiger partial charge in [-0.2, -0.15) is 0 Å². The van der Waals surface area contributed by atoms with Crippen molar-refractivity contribution in [3.05, 3.63) is 0 Å². The Morgan fingerprint density at radius 3 is 2.52 bits per heavy atom. The van der Waals surface area contributed by atoms with Crippen LogP contribution in [0.25, 0.3) is 0 Å². The summed E-state index contributed by atoms with van der Waals surface area (Å²) in [4.78, 5) is 0. The van der Waals surface area contributed by atoms with E-state index in [1.807, 2.05) is 0 Å². The second-order valence-corrected chi connectivity index (χ2v) is 10.4. The van der Waals surface area contributed by atoms with Crippen LogP contribution in [-0.4, -0.2) is 35.5 Å². The van der Waals surface area contributed by atoms with Crippen LogP contribution in [0.2, 0.25) is 0 Å². The highest BCUT2D eigenvalue weighted by molar-refractivity contribution is 5.13. The molecule has 0 aromatic heterocycles. The SMILES string of the molecule is C[C@]12CCCC[C@@H]1CC[C@H]1[C@H]3CC[C@@](O)(C[NH2+]CCO)[C@@]3(C)CC[C@@H]12. The molecule has 7 atom stereocenters. The molecule has 144 valence electrons. The Morgan fingerprint density at radius 2 is 1.72 bits per heavy atom. The van der Waals surface area contributed by atoms with Crippen molar-refractivity contribution in [1.29, 1.82) is 0 Å². The molecule has 3 heteroatoms. The summed E-state index contributed by atoms with van der Waals surface area (Å²) in [5, 5.41) is 22.8. The maximum atomic E-state index is 11.5. The molecule has 0 unspecified atom stereocenters. The predicted octanol–water partition coefficient (Wildman–Crippen LogP) is 2.71. The van der Waals surface area contributed by atoms with Crippen LogP contribution in [-0.2, 0) is 0 Å². The fourth-order valence-corrected chi connectivity index (χ4v) is 8.17. The third kappa shape index (κ3) is 2.63. The number of nitrogens with two attached hydrogens (primary N) is 1. The summed E-state index contributed by atoms with van der Waals surface area (Å²) < 4.78 is 0. The van der Waals surface area contributed by atoms with Crippen molar-refractivity contribution in [2.75, 3.05) is 19.7 Å². The van der Waals surface area contributed by atoms with Crippen LogP contribution in [0.4, 0.5) is 0 Å². The zero-order valence-corrected chi connectivity index (χ0v) is 16.5. The second-order valence-electron chi connectivity index (χ2n) is 10.4. The lowest BCUT2D eigenvalue weighted by molar-refractivity contribution is -0.671. The second kappa shape index (κ2) is 6.49. The molecule has 4 N–H and O–H groups in total. The average Bonchev–Trinajstić information content (AvgIpc) is 2.86. The van der Waals surface area contributed by atoms with E-state index >= 15 is 0 Å². The van der Waals surface area contributed by atoms with E-state index in [0.29, 0.717) is 5.41 Å². The van der Waals surface area contributed by atoms with Gasteiger partial charge in [-0.25, -0.2) is 0 Å². The van der Waals surface area contributed by atoms with Crippen LogP contribution in [0.3, 0.4) is 0 Å². The van der Waals surface area contributed by atoms with Gasteiger partial charge in [-0.3, -0.25) is 0 Å². The lowest BCUT2D eigenvalue weighted by Gasteiger charge is -2.61. The molecule has 0 spiro atoms.